The maximum Gasteiger partial charge on any atom is 0.0983 e. The van der Waals surface area contributed by atoms with E-state index in [0.29, 0.717) is 0 Å². The number of nitrogens with one attached hydrogen (secondary N) is 1. The average molecular weight is 372 g/mol. The van der Waals surface area contributed by atoms with Crippen LogP contribution in [-0.4, -0.2) is 19.9 Å². The zero-order chi connectivity index (χ0) is 19.2. The SMILES string of the molecule is c1ccc2nc(-c3c(-c4nccc5ccccc45)ccc4[nH]cnc34)ccc2c1. The van der Waals surface area contributed by atoms with Gasteiger partial charge in [0.15, 0.2) is 0 Å². The van der Waals surface area contributed by atoms with E-state index in [1.807, 2.05) is 30.5 Å². The summed E-state index contributed by atoms with van der Waals surface area (Å²) in [4.78, 5) is 17.6. The van der Waals surface area contributed by atoms with Crippen molar-refractivity contribution in [2.75, 3.05) is 0 Å². The molecule has 0 fully saturated rings. The number of para-hydroxylation sites is 1. The number of pyridine rings is 2. The molecule has 6 rings (SSSR count). The number of rotatable bonds is 2. The van der Waals surface area contributed by atoms with Gasteiger partial charge < -0.3 is 4.98 Å². The van der Waals surface area contributed by atoms with Gasteiger partial charge in [-0.15, -0.1) is 0 Å². The molecule has 0 aliphatic carbocycles. The molecule has 136 valence electrons. The van der Waals surface area contributed by atoms with E-state index in [2.05, 4.69) is 64.6 Å². The number of aromatic nitrogens is 4. The van der Waals surface area contributed by atoms with Gasteiger partial charge in [0.05, 0.1) is 34.3 Å². The van der Waals surface area contributed by atoms with Gasteiger partial charge in [-0.25, -0.2) is 9.97 Å². The molecule has 3 aromatic carbocycles. The Morgan fingerprint density at radius 1 is 0.690 bits per heavy atom. The molecule has 0 aliphatic rings. The molecule has 0 spiro atoms. The number of imidazole rings is 1. The van der Waals surface area contributed by atoms with E-state index in [9.17, 15) is 0 Å². The summed E-state index contributed by atoms with van der Waals surface area (Å²) in [6.45, 7) is 0. The van der Waals surface area contributed by atoms with Crippen molar-refractivity contribution in [2.45, 2.75) is 0 Å². The first-order chi connectivity index (χ1) is 14.4. The van der Waals surface area contributed by atoms with E-state index in [1.54, 1.807) is 6.33 Å². The highest BCUT2D eigenvalue weighted by atomic mass is 14.9. The van der Waals surface area contributed by atoms with Crippen LogP contribution in [0.4, 0.5) is 0 Å². The molecule has 0 bridgehead atoms. The van der Waals surface area contributed by atoms with E-state index >= 15 is 0 Å². The second-order valence-corrected chi connectivity index (χ2v) is 7.06. The second kappa shape index (κ2) is 6.24. The van der Waals surface area contributed by atoms with Crippen LogP contribution in [0.25, 0.3) is 55.2 Å². The molecular weight excluding hydrogens is 356 g/mol. The first-order valence-electron chi connectivity index (χ1n) is 9.55. The first-order valence-corrected chi connectivity index (χ1v) is 9.55. The fourth-order valence-corrected chi connectivity index (χ4v) is 4.00. The van der Waals surface area contributed by atoms with Gasteiger partial charge in [0.25, 0.3) is 0 Å². The zero-order valence-corrected chi connectivity index (χ0v) is 15.5. The topological polar surface area (TPSA) is 54.5 Å². The Balaban J connectivity index is 1.71. The third-order valence-corrected chi connectivity index (χ3v) is 5.37. The van der Waals surface area contributed by atoms with E-state index < -0.39 is 0 Å². The van der Waals surface area contributed by atoms with E-state index in [4.69, 9.17) is 9.97 Å². The van der Waals surface area contributed by atoms with Crippen LogP contribution in [0.2, 0.25) is 0 Å². The zero-order valence-electron chi connectivity index (χ0n) is 15.5. The minimum atomic E-state index is 0.895. The quantitative estimate of drug-likeness (QED) is 0.406. The number of aromatic amines is 1. The maximum absolute atomic E-state index is 4.96. The van der Waals surface area contributed by atoms with Gasteiger partial charge in [0.1, 0.15) is 0 Å². The number of benzene rings is 3. The Bertz CT molecular complexity index is 1510. The summed E-state index contributed by atoms with van der Waals surface area (Å²) in [5.74, 6) is 0. The Hall–Kier alpha value is -4.05. The molecular formula is C25H16N4. The second-order valence-electron chi connectivity index (χ2n) is 7.06. The first kappa shape index (κ1) is 16.0. The lowest BCUT2D eigenvalue weighted by molar-refractivity contribution is 1.33. The predicted molar refractivity (Wildman–Crippen MR) is 118 cm³/mol. The van der Waals surface area contributed by atoms with Crippen LogP contribution in [0.1, 0.15) is 0 Å². The van der Waals surface area contributed by atoms with Crippen LogP contribution in [0, 0.1) is 0 Å². The van der Waals surface area contributed by atoms with Gasteiger partial charge in [0.2, 0.25) is 0 Å². The number of nitrogens with zero attached hydrogens (tertiary/aromatic N) is 3. The van der Waals surface area contributed by atoms with Crippen molar-refractivity contribution in [3.63, 3.8) is 0 Å². The van der Waals surface area contributed by atoms with Crippen LogP contribution in [0.5, 0.6) is 0 Å². The van der Waals surface area contributed by atoms with E-state index in [0.717, 1.165) is 55.2 Å². The van der Waals surface area contributed by atoms with Crippen molar-refractivity contribution >= 4 is 32.7 Å². The molecule has 3 heterocycles. The van der Waals surface area contributed by atoms with Gasteiger partial charge in [0, 0.05) is 28.1 Å². The van der Waals surface area contributed by atoms with Crippen molar-refractivity contribution in [1.29, 1.82) is 0 Å². The van der Waals surface area contributed by atoms with Gasteiger partial charge in [-0.3, -0.25) is 4.98 Å². The number of fused-ring (bicyclic) bond motifs is 3. The Kier molecular flexibility index (Phi) is 3.43. The summed E-state index contributed by atoms with van der Waals surface area (Å²) in [6, 6.07) is 26.9. The predicted octanol–water partition coefficient (Wildman–Crippen LogP) is 5.99. The summed E-state index contributed by atoms with van der Waals surface area (Å²) in [5, 5.41) is 3.40. The smallest absolute Gasteiger partial charge is 0.0983 e. The molecule has 6 aromatic rings. The van der Waals surface area contributed by atoms with Gasteiger partial charge in [-0.1, -0.05) is 48.5 Å². The Morgan fingerprint density at radius 3 is 2.52 bits per heavy atom. The number of hydrogen-bond acceptors (Lipinski definition) is 3. The molecule has 4 heteroatoms. The normalized spacial score (nSPS) is 11.4. The van der Waals surface area contributed by atoms with Crippen LogP contribution in [0.3, 0.4) is 0 Å². The minimum absolute atomic E-state index is 0.895. The molecule has 0 aliphatic heterocycles. The van der Waals surface area contributed by atoms with E-state index in [1.165, 1.54) is 0 Å². The highest BCUT2D eigenvalue weighted by Gasteiger charge is 2.17. The molecule has 0 radical (unpaired) electrons. The summed E-state index contributed by atoms with van der Waals surface area (Å²) < 4.78 is 0. The molecule has 0 amide bonds. The summed E-state index contributed by atoms with van der Waals surface area (Å²) in [7, 11) is 0. The number of hydrogen-bond donors (Lipinski definition) is 1. The fourth-order valence-electron chi connectivity index (χ4n) is 4.00. The van der Waals surface area contributed by atoms with Crippen LogP contribution in [-0.2, 0) is 0 Å². The standard InChI is InChI=1S/C25H16N4/c1-3-7-18-16(5-1)13-14-26-24(18)19-10-12-22-25(28-15-27-22)23(19)21-11-9-17-6-2-4-8-20(17)29-21/h1-15H,(H,27,28). The minimum Gasteiger partial charge on any atom is -0.345 e. The molecule has 4 nitrogen and oxygen atoms in total. The lowest BCUT2D eigenvalue weighted by Gasteiger charge is -2.12. The van der Waals surface area contributed by atoms with Crippen molar-refractivity contribution in [1.82, 2.24) is 19.9 Å². The summed E-state index contributed by atoms with van der Waals surface area (Å²) in [6.07, 6.45) is 3.60. The lowest BCUT2D eigenvalue weighted by Crippen LogP contribution is -1.94. The maximum atomic E-state index is 4.96. The average Bonchev–Trinajstić information content (AvgIpc) is 3.26. The largest absolute Gasteiger partial charge is 0.345 e. The molecule has 0 atom stereocenters. The van der Waals surface area contributed by atoms with E-state index in [-0.39, 0.29) is 0 Å². The van der Waals surface area contributed by atoms with Crippen LogP contribution in [0.15, 0.2) is 91.4 Å². The summed E-state index contributed by atoms with van der Waals surface area (Å²) >= 11 is 0. The van der Waals surface area contributed by atoms with Gasteiger partial charge in [-0.05, 0) is 35.7 Å². The van der Waals surface area contributed by atoms with Crippen molar-refractivity contribution < 1.29 is 0 Å². The van der Waals surface area contributed by atoms with Crippen LogP contribution >= 0.6 is 0 Å². The number of H-pyrrole nitrogens is 1. The van der Waals surface area contributed by atoms with Crippen molar-refractivity contribution in [2.24, 2.45) is 0 Å². The molecule has 0 saturated carbocycles. The Labute approximate surface area is 166 Å². The van der Waals surface area contributed by atoms with Gasteiger partial charge in [-0.2, -0.15) is 0 Å². The molecule has 0 saturated heterocycles. The van der Waals surface area contributed by atoms with Crippen molar-refractivity contribution in [3.8, 4) is 22.5 Å². The fraction of sp³-hybridized carbons (Fsp3) is 0. The third kappa shape index (κ3) is 2.50. The highest BCUT2D eigenvalue weighted by molar-refractivity contribution is 6.05. The monoisotopic (exact) mass is 372 g/mol. The molecule has 1 N–H and O–H groups in total. The third-order valence-electron chi connectivity index (χ3n) is 5.37. The van der Waals surface area contributed by atoms with Crippen molar-refractivity contribution in [3.05, 3.63) is 91.4 Å². The van der Waals surface area contributed by atoms with Crippen LogP contribution < -0.4 is 0 Å². The summed E-state index contributed by atoms with van der Waals surface area (Å²) in [5.41, 5.74) is 6.72. The molecule has 0 unspecified atom stereocenters. The molecule has 3 aromatic heterocycles. The highest BCUT2D eigenvalue weighted by Crippen LogP contribution is 2.38. The lowest BCUT2D eigenvalue weighted by atomic mass is 9.95. The molecule has 29 heavy (non-hydrogen) atoms. The van der Waals surface area contributed by atoms with Gasteiger partial charge >= 0.3 is 0 Å². The Morgan fingerprint density at radius 2 is 1.55 bits per heavy atom.